The number of rotatable bonds is 5. The number of fused-ring (bicyclic) bond motifs is 1. The van der Waals surface area contributed by atoms with Gasteiger partial charge in [0.1, 0.15) is 11.3 Å². The summed E-state index contributed by atoms with van der Waals surface area (Å²) in [6.45, 7) is 4.34. The van der Waals surface area contributed by atoms with E-state index in [9.17, 15) is 14.0 Å². The monoisotopic (exact) mass is 421 g/mol. The standard InChI is InChI=1S/C23H24FN5O2/c1-2-16-5-3-4-6-19(16)27-21(30)15-28-9-11-29(12-10-28)23(31)18-13-17(24)14-20-22(18)26-8-7-25-20/h3-8,13-14H,2,9-12,15H2,1H3,(H,27,30). The van der Waals surface area contributed by atoms with Crippen molar-refractivity contribution in [3.8, 4) is 0 Å². The highest BCUT2D eigenvalue weighted by Gasteiger charge is 2.25. The first-order valence-corrected chi connectivity index (χ1v) is 10.3. The fraction of sp³-hybridized carbons (Fsp3) is 0.304. The maximum Gasteiger partial charge on any atom is 0.256 e. The number of nitrogens with zero attached hydrogens (tertiary/aromatic N) is 4. The molecule has 2 amide bonds. The van der Waals surface area contributed by atoms with Crippen molar-refractivity contribution in [3.05, 3.63) is 65.7 Å². The molecular weight excluding hydrogens is 397 g/mol. The summed E-state index contributed by atoms with van der Waals surface area (Å²) in [5, 5.41) is 2.98. The number of amides is 2. The van der Waals surface area contributed by atoms with Gasteiger partial charge >= 0.3 is 0 Å². The largest absolute Gasteiger partial charge is 0.336 e. The molecule has 31 heavy (non-hydrogen) atoms. The van der Waals surface area contributed by atoms with Crippen molar-refractivity contribution in [3.63, 3.8) is 0 Å². The smallest absolute Gasteiger partial charge is 0.256 e. The fourth-order valence-corrected chi connectivity index (χ4v) is 3.83. The lowest BCUT2D eigenvalue weighted by Gasteiger charge is -2.34. The first-order valence-electron chi connectivity index (χ1n) is 10.3. The van der Waals surface area contributed by atoms with E-state index >= 15 is 0 Å². The number of halogens is 1. The molecule has 2 heterocycles. The van der Waals surface area contributed by atoms with Crippen LogP contribution in [-0.2, 0) is 11.2 Å². The summed E-state index contributed by atoms with van der Waals surface area (Å²) in [6.07, 6.45) is 3.80. The molecule has 1 fully saturated rings. The Hall–Kier alpha value is -3.39. The zero-order chi connectivity index (χ0) is 21.8. The summed E-state index contributed by atoms with van der Waals surface area (Å²) in [6, 6.07) is 10.2. The third kappa shape index (κ3) is 4.69. The molecule has 1 N–H and O–H groups in total. The number of benzene rings is 2. The Morgan fingerprint density at radius 1 is 1.06 bits per heavy atom. The maximum atomic E-state index is 14.0. The van der Waals surface area contributed by atoms with Gasteiger partial charge in [-0.15, -0.1) is 0 Å². The number of hydrogen-bond acceptors (Lipinski definition) is 5. The van der Waals surface area contributed by atoms with Crippen LogP contribution in [-0.4, -0.2) is 64.3 Å². The Morgan fingerprint density at radius 3 is 2.58 bits per heavy atom. The number of aryl methyl sites for hydroxylation is 1. The van der Waals surface area contributed by atoms with Crippen LogP contribution in [0, 0.1) is 5.82 Å². The van der Waals surface area contributed by atoms with Gasteiger partial charge in [-0.25, -0.2) is 4.39 Å². The Labute approximate surface area is 179 Å². The Balaban J connectivity index is 1.37. The summed E-state index contributed by atoms with van der Waals surface area (Å²) in [5.41, 5.74) is 2.89. The lowest BCUT2D eigenvalue weighted by molar-refractivity contribution is -0.117. The molecule has 0 aliphatic carbocycles. The molecule has 0 saturated carbocycles. The molecule has 0 unspecified atom stereocenters. The normalized spacial score (nSPS) is 14.6. The summed E-state index contributed by atoms with van der Waals surface area (Å²) in [7, 11) is 0. The van der Waals surface area contributed by atoms with E-state index in [4.69, 9.17) is 0 Å². The Morgan fingerprint density at radius 2 is 1.81 bits per heavy atom. The van der Waals surface area contributed by atoms with Crippen LogP contribution in [0.4, 0.5) is 10.1 Å². The van der Waals surface area contributed by atoms with Gasteiger partial charge < -0.3 is 10.2 Å². The second-order valence-corrected chi connectivity index (χ2v) is 7.50. The first kappa shape index (κ1) is 20.9. The summed E-state index contributed by atoms with van der Waals surface area (Å²) < 4.78 is 14.0. The Bertz CT molecular complexity index is 1110. The van der Waals surface area contributed by atoms with E-state index in [2.05, 4.69) is 22.2 Å². The maximum absolute atomic E-state index is 14.0. The van der Waals surface area contributed by atoms with Gasteiger partial charge in [0, 0.05) is 50.3 Å². The van der Waals surface area contributed by atoms with Crippen molar-refractivity contribution >= 4 is 28.5 Å². The van der Waals surface area contributed by atoms with Gasteiger partial charge in [0.15, 0.2) is 0 Å². The highest BCUT2D eigenvalue weighted by atomic mass is 19.1. The van der Waals surface area contributed by atoms with Gasteiger partial charge in [-0.2, -0.15) is 0 Å². The summed E-state index contributed by atoms with van der Waals surface area (Å²) >= 11 is 0. The summed E-state index contributed by atoms with van der Waals surface area (Å²) in [5.74, 6) is -0.864. The second-order valence-electron chi connectivity index (χ2n) is 7.50. The van der Waals surface area contributed by atoms with Gasteiger partial charge in [-0.05, 0) is 24.1 Å². The molecule has 2 aromatic carbocycles. The number of carbonyl (C=O) groups is 2. The fourth-order valence-electron chi connectivity index (χ4n) is 3.83. The van der Waals surface area contributed by atoms with E-state index in [0.29, 0.717) is 37.2 Å². The van der Waals surface area contributed by atoms with Crippen molar-refractivity contribution < 1.29 is 14.0 Å². The predicted octanol–water partition coefficient (Wildman–Crippen LogP) is 2.73. The quantitative estimate of drug-likeness (QED) is 0.685. The molecule has 0 spiro atoms. The lowest BCUT2D eigenvalue weighted by atomic mass is 10.1. The van der Waals surface area contributed by atoms with E-state index in [1.807, 2.05) is 29.2 Å². The van der Waals surface area contributed by atoms with Gasteiger partial charge in [0.2, 0.25) is 5.91 Å². The van der Waals surface area contributed by atoms with E-state index < -0.39 is 5.82 Å². The van der Waals surface area contributed by atoms with Crippen molar-refractivity contribution in [1.29, 1.82) is 0 Å². The van der Waals surface area contributed by atoms with Crippen LogP contribution in [0.3, 0.4) is 0 Å². The third-order valence-corrected chi connectivity index (χ3v) is 5.47. The molecule has 1 aliphatic rings. The number of anilines is 1. The number of hydrogen-bond donors (Lipinski definition) is 1. The SMILES string of the molecule is CCc1ccccc1NC(=O)CN1CCN(C(=O)c2cc(F)cc3nccnc23)CC1. The topological polar surface area (TPSA) is 78.4 Å². The Kier molecular flexibility index (Phi) is 6.18. The zero-order valence-electron chi connectivity index (χ0n) is 17.3. The minimum absolute atomic E-state index is 0.0768. The van der Waals surface area contributed by atoms with Crippen LogP contribution in [0.1, 0.15) is 22.8 Å². The number of piperazine rings is 1. The molecule has 7 nitrogen and oxygen atoms in total. The van der Waals surface area contributed by atoms with Crippen LogP contribution in [0.25, 0.3) is 11.0 Å². The van der Waals surface area contributed by atoms with E-state index in [1.54, 1.807) is 4.90 Å². The molecule has 0 bridgehead atoms. The van der Waals surface area contributed by atoms with Crippen molar-refractivity contribution in [2.24, 2.45) is 0 Å². The van der Waals surface area contributed by atoms with Crippen LogP contribution in [0.15, 0.2) is 48.8 Å². The first-order chi connectivity index (χ1) is 15.0. The molecule has 1 aliphatic heterocycles. The predicted molar refractivity (Wildman–Crippen MR) is 116 cm³/mol. The van der Waals surface area contributed by atoms with Crippen LogP contribution >= 0.6 is 0 Å². The highest BCUT2D eigenvalue weighted by molar-refractivity contribution is 6.04. The molecule has 1 aromatic heterocycles. The second kappa shape index (κ2) is 9.18. The van der Waals surface area contributed by atoms with Crippen LogP contribution in [0.2, 0.25) is 0 Å². The average molecular weight is 421 g/mol. The molecule has 0 radical (unpaired) electrons. The molecule has 8 heteroatoms. The average Bonchev–Trinajstić information content (AvgIpc) is 2.79. The number of nitrogens with one attached hydrogen (secondary N) is 1. The zero-order valence-corrected chi connectivity index (χ0v) is 17.3. The molecule has 4 rings (SSSR count). The summed E-state index contributed by atoms with van der Waals surface area (Å²) in [4.78, 5) is 37.5. The number of para-hydroxylation sites is 1. The molecule has 1 saturated heterocycles. The molecule has 160 valence electrons. The highest BCUT2D eigenvalue weighted by Crippen LogP contribution is 2.20. The van der Waals surface area contributed by atoms with Crippen LogP contribution < -0.4 is 5.32 Å². The van der Waals surface area contributed by atoms with E-state index in [-0.39, 0.29) is 23.9 Å². The van der Waals surface area contributed by atoms with Gasteiger partial charge in [0.25, 0.3) is 5.91 Å². The molecule has 3 aromatic rings. The number of aromatic nitrogens is 2. The third-order valence-electron chi connectivity index (χ3n) is 5.47. The molecular formula is C23H24FN5O2. The van der Waals surface area contributed by atoms with E-state index in [1.165, 1.54) is 24.5 Å². The molecule has 0 atom stereocenters. The van der Waals surface area contributed by atoms with Gasteiger partial charge in [-0.3, -0.25) is 24.5 Å². The number of carbonyl (C=O) groups excluding carboxylic acids is 2. The minimum atomic E-state index is -0.515. The van der Waals surface area contributed by atoms with Crippen molar-refractivity contribution in [2.75, 3.05) is 38.0 Å². The van der Waals surface area contributed by atoms with Crippen molar-refractivity contribution in [1.82, 2.24) is 19.8 Å². The van der Waals surface area contributed by atoms with Gasteiger partial charge in [-0.1, -0.05) is 25.1 Å². The van der Waals surface area contributed by atoms with E-state index in [0.717, 1.165) is 17.7 Å². The van der Waals surface area contributed by atoms with Crippen LogP contribution in [0.5, 0.6) is 0 Å². The lowest BCUT2D eigenvalue weighted by Crippen LogP contribution is -2.50. The minimum Gasteiger partial charge on any atom is -0.336 e. The van der Waals surface area contributed by atoms with Gasteiger partial charge in [0.05, 0.1) is 17.6 Å². The van der Waals surface area contributed by atoms with Crippen molar-refractivity contribution in [2.45, 2.75) is 13.3 Å².